The minimum atomic E-state index is -1.12. The number of thioether (sulfide) groups is 1. The number of carbonyl (C=O) groups is 3. The molecule has 1 aromatic rings. The summed E-state index contributed by atoms with van der Waals surface area (Å²) in [6.07, 6.45) is 0.411. The quantitative estimate of drug-likeness (QED) is 0.402. The number of carboxylic acid groups (broad SMARTS) is 1. The Morgan fingerprint density at radius 2 is 2.19 bits per heavy atom. The summed E-state index contributed by atoms with van der Waals surface area (Å²) in [5, 5.41) is 29.5. The molecular formula is C19H25N5O6S. The number of hydrogen-bond acceptors (Lipinski definition) is 9. The maximum atomic E-state index is 12.5. The Morgan fingerprint density at radius 3 is 2.84 bits per heavy atom. The van der Waals surface area contributed by atoms with Crippen molar-refractivity contribution in [1.82, 2.24) is 25.7 Å². The highest BCUT2D eigenvalue weighted by molar-refractivity contribution is 8.03. The van der Waals surface area contributed by atoms with Crippen molar-refractivity contribution in [2.45, 2.75) is 50.1 Å². The predicted molar refractivity (Wildman–Crippen MR) is 109 cm³/mol. The first-order valence-corrected chi connectivity index (χ1v) is 11.0. The van der Waals surface area contributed by atoms with E-state index >= 15 is 0 Å². The maximum Gasteiger partial charge on any atom is 0.353 e. The van der Waals surface area contributed by atoms with Gasteiger partial charge in [-0.2, -0.15) is 4.98 Å². The van der Waals surface area contributed by atoms with Gasteiger partial charge in [0.1, 0.15) is 5.70 Å². The Kier molecular flexibility index (Phi) is 5.79. The Hall–Kier alpha value is -2.44. The number of carboxylic acids is 1. The molecule has 12 heteroatoms. The van der Waals surface area contributed by atoms with Crippen LogP contribution in [0.15, 0.2) is 15.1 Å². The zero-order valence-electron chi connectivity index (χ0n) is 17.4. The minimum Gasteiger partial charge on any atom is -0.477 e. The van der Waals surface area contributed by atoms with E-state index in [0.717, 1.165) is 6.42 Å². The van der Waals surface area contributed by atoms with E-state index in [1.165, 1.54) is 23.7 Å². The number of aliphatic hydroxyl groups excluding tert-OH is 1. The van der Waals surface area contributed by atoms with Crippen LogP contribution in [0.25, 0.3) is 0 Å². The van der Waals surface area contributed by atoms with Crippen molar-refractivity contribution < 1.29 is 29.1 Å². The number of nitrogens with one attached hydrogen (secondary N) is 2. The summed E-state index contributed by atoms with van der Waals surface area (Å²) < 4.78 is 4.95. The molecule has 3 aliphatic rings. The summed E-state index contributed by atoms with van der Waals surface area (Å²) in [7, 11) is 1.48. The largest absolute Gasteiger partial charge is 0.477 e. The zero-order chi connectivity index (χ0) is 22.4. The van der Waals surface area contributed by atoms with Crippen LogP contribution in [0.4, 0.5) is 0 Å². The third-order valence-electron chi connectivity index (χ3n) is 6.10. The van der Waals surface area contributed by atoms with Gasteiger partial charge in [-0.05, 0) is 13.3 Å². The molecule has 0 bridgehead atoms. The van der Waals surface area contributed by atoms with Crippen LogP contribution in [-0.2, 0) is 16.0 Å². The van der Waals surface area contributed by atoms with Gasteiger partial charge < -0.3 is 30.3 Å². The van der Waals surface area contributed by atoms with Crippen molar-refractivity contribution >= 4 is 29.5 Å². The van der Waals surface area contributed by atoms with E-state index in [2.05, 4.69) is 20.8 Å². The monoisotopic (exact) mass is 451 g/mol. The number of hydrogen-bond donors (Lipinski definition) is 4. The minimum absolute atomic E-state index is 0.0428. The van der Waals surface area contributed by atoms with Gasteiger partial charge >= 0.3 is 17.8 Å². The first-order chi connectivity index (χ1) is 14.7. The number of aliphatic carboxylic acids is 1. The van der Waals surface area contributed by atoms with Gasteiger partial charge in [-0.3, -0.25) is 9.59 Å². The SMILES string of the molecule is CNC(=O)c1nc(C[C@@H]2C[C@H](SC3=C(C(=O)O)N4C(=O)C([C@@H](C)O)C4[C@H]3C)CN2)no1. The van der Waals surface area contributed by atoms with Crippen molar-refractivity contribution in [2.75, 3.05) is 13.6 Å². The van der Waals surface area contributed by atoms with E-state index in [-0.39, 0.29) is 40.7 Å². The van der Waals surface area contributed by atoms with Gasteiger partial charge in [-0.15, -0.1) is 11.8 Å². The summed E-state index contributed by atoms with van der Waals surface area (Å²) in [4.78, 5) is 42.0. The second kappa shape index (κ2) is 8.24. The summed E-state index contributed by atoms with van der Waals surface area (Å²) in [6.45, 7) is 4.14. The molecule has 0 spiro atoms. The summed E-state index contributed by atoms with van der Waals surface area (Å²) in [6, 6.07) is -0.254. The Bertz CT molecular complexity index is 946. The molecule has 2 unspecified atom stereocenters. The van der Waals surface area contributed by atoms with Gasteiger partial charge in [-0.25, -0.2) is 4.79 Å². The van der Waals surface area contributed by atoms with E-state index in [4.69, 9.17) is 4.52 Å². The van der Waals surface area contributed by atoms with Crippen LogP contribution < -0.4 is 10.6 Å². The third kappa shape index (κ3) is 3.72. The van der Waals surface area contributed by atoms with Crippen molar-refractivity contribution in [3.8, 4) is 0 Å². The lowest BCUT2D eigenvalue weighted by Crippen LogP contribution is -2.63. The van der Waals surface area contributed by atoms with Crippen LogP contribution >= 0.6 is 11.8 Å². The van der Waals surface area contributed by atoms with Crippen LogP contribution in [0.1, 0.15) is 36.8 Å². The highest BCUT2D eigenvalue weighted by atomic mass is 32.2. The zero-order valence-corrected chi connectivity index (χ0v) is 18.2. The topological polar surface area (TPSA) is 158 Å². The molecule has 0 saturated carbocycles. The fraction of sp³-hybridized carbons (Fsp3) is 0.632. The van der Waals surface area contributed by atoms with Gasteiger partial charge in [0.2, 0.25) is 5.91 Å². The summed E-state index contributed by atoms with van der Waals surface area (Å²) in [5.74, 6) is -2.26. The average Bonchev–Trinajstić information content (AvgIpc) is 3.41. The summed E-state index contributed by atoms with van der Waals surface area (Å²) in [5.41, 5.74) is 0.0428. The normalized spacial score (nSPS) is 30.9. The molecule has 3 aliphatic heterocycles. The number of fused-ring (bicyclic) bond motifs is 1. The molecule has 4 N–H and O–H groups in total. The second-order valence-electron chi connectivity index (χ2n) is 8.15. The van der Waals surface area contributed by atoms with E-state index in [1.807, 2.05) is 6.92 Å². The van der Waals surface area contributed by atoms with Crippen LogP contribution in [-0.4, -0.2) is 80.1 Å². The molecule has 4 rings (SSSR count). The number of β-lactam (4-membered cyclic amide) rings is 1. The smallest absolute Gasteiger partial charge is 0.353 e. The Labute approximate surface area is 182 Å². The number of carbonyl (C=O) groups excluding carboxylic acids is 2. The second-order valence-corrected chi connectivity index (χ2v) is 9.49. The molecule has 4 heterocycles. The van der Waals surface area contributed by atoms with E-state index in [1.54, 1.807) is 6.92 Å². The standard InChI is InChI=1S/C19H25N5O6S/c1-7-13-12(8(2)25)18(27)24(13)14(19(28)29)15(7)31-10-4-9(21-6-10)5-11-22-17(30-23-11)16(26)20-3/h7-10,12-13,21,25H,4-6H2,1-3H3,(H,20,26)(H,28,29)/t7-,8-,9+,10+,12?,13?/m1/s1. The maximum absolute atomic E-state index is 12.5. The van der Waals surface area contributed by atoms with Crippen molar-refractivity contribution in [3.05, 3.63) is 22.3 Å². The molecule has 6 atom stereocenters. The molecule has 0 radical (unpaired) electrons. The highest BCUT2D eigenvalue weighted by Crippen LogP contribution is 2.51. The van der Waals surface area contributed by atoms with E-state index in [9.17, 15) is 24.6 Å². The molecule has 11 nitrogen and oxygen atoms in total. The van der Waals surface area contributed by atoms with Gasteiger partial charge in [-0.1, -0.05) is 12.1 Å². The molecule has 0 aliphatic carbocycles. The van der Waals surface area contributed by atoms with Gasteiger partial charge in [0.25, 0.3) is 0 Å². The van der Waals surface area contributed by atoms with Crippen LogP contribution in [0.5, 0.6) is 0 Å². The molecule has 2 saturated heterocycles. The first-order valence-electron chi connectivity index (χ1n) is 10.2. The number of amides is 2. The third-order valence-corrected chi connectivity index (χ3v) is 7.62. The van der Waals surface area contributed by atoms with E-state index < -0.39 is 23.9 Å². The lowest BCUT2D eigenvalue weighted by Gasteiger charge is -2.46. The van der Waals surface area contributed by atoms with E-state index in [0.29, 0.717) is 23.7 Å². The van der Waals surface area contributed by atoms with Gasteiger partial charge in [0, 0.05) is 42.1 Å². The lowest BCUT2D eigenvalue weighted by atomic mass is 9.79. The highest BCUT2D eigenvalue weighted by Gasteiger charge is 2.60. The van der Waals surface area contributed by atoms with Crippen LogP contribution in [0.2, 0.25) is 0 Å². The molecule has 31 heavy (non-hydrogen) atoms. The number of aromatic nitrogens is 2. The van der Waals surface area contributed by atoms with Crippen LogP contribution in [0.3, 0.4) is 0 Å². The molecule has 0 aromatic carbocycles. The first kappa shape index (κ1) is 21.8. The number of rotatable bonds is 7. The van der Waals surface area contributed by atoms with Gasteiger partial charge in [0.15, 0.2) is 5.82 Å². The number of aliphatic hydroxyl groups is 1. The molecule has 2 amide bonds. The predicted octanol–water partition coefficient (Wildman–Crippen LogP) is -0.411. The molecule has 168 valence electrons. The van der Waals surface area contributed by atoms with Gasteiger partial charge in [0.05, 0.1) is 18.1 Å². The lowest BCUT2D eigenvalue weighted by molar-refractivity contribution is -0.163. The summed E-state index contributed by atoms with van der Waals surface area (Å²) >= 11 is 1.48. The Balaban J connectivity index is 1.42. The van der Waals surface area contributed by atoms with Crippen molar-refractivity contribution in [1.29, 1.82) is 0 Å². The fourth-order valence-electron chi connectivity index (χ4n) is 4.64. The average molecular weight is 452 g/mol. The van der Waals surface area contributed by atoms with Crippen LogP contribution in [0, 0.1) is 11.8 Å². The fourth-order valence-corrected chi connectivity index (χ4v) is 6.16. The van der Waals surface area contributed by atoms with Crippen molar-refractivity contribution in [2.24, 2.45) is 11.8 Å². The Morgan fingerprint density at radius 1 is 1.45 bits per heavy atom. The molecular weight excluding hydrogens is 426 g/mol. The molecule has 1 aromatic heterocycles. The molecule has 2 fully saturated rings. The van der Waals surface area contributed by atoms with Crippen molar-refractivity contribution in [3.63, 3.8) is 0 Å². The number of nitrogens with zero attached hydrogens (tertiary/aromatic N) is 3.